The summed E-state index contributed by atoms with van der Waals surface area (Å²) in [5.41, 5.74) is 0. The number of rotatable bonds is 7. The molecule has 0 bridgehead atoms. The number of likely N-dealkylation sites (tertiary alicyclic amines) is 1. The van der Waals surface area contributed by atoms with Gasteiger partial charge >= 0.3 is 0 Å². The summed E-state index contributed by atoms with van der Waals surface area (Å²) in [7, 11) is 0. The van der Waals surface area contributed by atoms with Crippen molar-refractivity contribution < 1.29 is 5.11 Å². The largest absolute Gasteiger partial charge is 0.393 e. The van der Waals surface area contributed by atoms with Crippen LogP contribution in [0.4, 0.5) is 0 Å². The molecule has 2 N–H and O–H groups in total. The summed E-state index contributed by atoms with van der Waals surface area (Å²) in [6, 6.07) is 1.20. The van der Waals surface area contributed by atoms with Crippen LogP contribution in [0.1, 0.15) is 65.7 Å². The first kappa shape index (κ1) is 17.2. The van der Waals surface area contributed by atoms with Crippen LogP contribution in [0.25, 0.3) is 0 Å². The highest BCUT2D eigenvalue weighted by Gasteiger charge is 2.32. The summed E-state index contributed by atoms with van der Waals surface area (Å²) in [6.45, 7) is 10.1. The van der Waals surface area contributed by atoms with E-state index < -0.39 is 0 Å². The van der Waals surface area contributed by atoms with E-state index in [-0.39, 0.29) is 6.10 Å². The van der Waals surface area contributed by atoms with Gasteiger partial charge in [-0.1, -0.05) is 26.7 Å². The minimum absolute atomic E-state index is 0.132. The molecule has 2 rings (SSSR count). The SMILES string of the molecule is CCC(O)C1CC(NCC2CCCC2)CN(C(C)CC)C1. The lowest BCUT2D eigenvalue weighted by Crippen LogP contribution is -2.54. The summed E-state index contributed by atoms with van der Waals surface area (Å²) in [5, 5.41) is 14.1. The second-order valence-corrected chi connectivity index (χ2v) is 7.44. The van der Waals surface area contributed by atoms with Gasteiger partial charge in [0.05, 0.1) is 6.10 Å². The summed E-state index contributed by atoms with van der Waals surface area (Å²) in [4.78, 5) is 2.60. The van der Waals surface area contributed by atoms with Crippen LogP contribution >= 0.6 is 0 Å². The highest BCUT2D eigenvalue weighted by Crippen LogP contribution is 2.26. The Balaban J connectivity index is 1.88. The van der Waals surface area contributed by atoms with Crippen molar-refractivity contribution in [2.24, 2.45) is 11.8 Å². The first-order chi connectivity index (χ1) is 10.1. The summed E-state index contributed by atoms with van der Waals surface area (Å²) >= 11 is 0. The highest BCUT2D eigenvalue weighted by molar-refractivity contribution is 4.88. The van der Waals surface area contributed by atoms with Gasteiger partial charge < -0.3 is 10.4 Å². The summed E-state index contributed by atoms with van der Waals surface area (Å²) in [6.07, 6.45) is 8.77. The molecule has 4 atom stereocenters. The molecule has 0 aromatic heterocycles. The Kier molecular flexibility index (Phi) is 6.97. The molecule has 124 valence electrons. The second-order valence-electron chi connectivity index (χ2n) is 7.44. The fraction of sp³-hybridized carbons (Fsp3) is 1.00. The van der Waals surface area contributed by atoms with Crippen LogP contribution in [0.5, 0.6) is 0 Å². The highest BCUT2D eigenvalue weighted by atomic mass is 16.3. The molecule has 1 aliphatic carbocycles. The maximum absolute atomic E-state index is 10.3. The summed E-state index contributed by atoms with van der Waals surface area (Å²) in [5.74, 6) is 1.34. The van der Waals surface area contributed by atoms with Gasteiger partial charge in [-0.15, -0.1) is 0 Å². The quantitative estimate of drug-likeness (QED) is 0.758. The Morgan fingerprint density at radius 1 is 1.14 bits per heavy atom. The summed E-state index contributed by atoms with van der Waals surface area (Å²) < 4.78 is 0. The molecule has 4 unspecified atom stereocenters. The molecule has 21 heavy (non-hydrogen) atoms. The average Bonchev–Trinajstić information content (AvgIpc) is 3.04. The van der Waals surface area contributed by atoms with Crippen molar-refractivity contribution in [2.45, 2.75) is 83.9 Å². The first-order valence-electron chi connectivity index (χ1n) is 9.29. The molecule has 1 saturated heterocycles. The van der Waals surface area contributed by atoms with E-state index in [4.69, 9.17) is 0 Å². The zero-order valence-corrected chi connectivity index (χ0v) is 14.4. The minimum atomic E-state index is -0.132. The third-order valence-electron chi connectivity index (χ3n) is 5.86. The van der Waals surface area contributed by atoms with Crippen LogP contribution in [0.15, 0.2) is 0 Å². The van der Waals surface area contributed by atoms with E-state index >= 15 is 0 Å². The van der Waals surface area contributed by atoms with E-state index in [1.807, 2.05) is 0 Å². The van der Waals surface area contributed by atoms with Crippen molar-refractivity contribution >= 4 is 0 Å². The van der Waals surface area contributed by atoms with Gasteiger partial charge in [-0.3, -0.25) is 4.90 Å². The van der Waals surface area contributed by atoms with E-state index in [9.17, 15) is 5.11 Å². The molecule has 0 radical (unpaired) electrons. The van der Waals surface area contributed by atoms with E-state index in [0.29, 0.717) is 18.0 Å². The zero-order chi connectivity index (χ0) is 15.2. The molecule has 0 aromatic carbocycles. The van der Waals surface area contributed by atoms with Crippen molar-refractivity contribution in [1.82, 2.24) is 10.2 Å². The van der Waals surface area contributed by atoms with E-state index in [1.165, 1.54) is 38.6 Å². The Bertz CT molecular complexity index is 273. The lowest BCUT2D eigenvalue weighted by molar-refractivity contribution is 0.0206. The molecule has 0 amide bonds. The van der Waals surface area contributed by atoms with Crippen molar-refractivity contribution in [3.63, 3.8) is 0 Å². The van der Waals surface area contributed by atoms with Crippen LogP contribution < -0.4 is 5.32 Å². The van der Waals surface area contributed by atoms with Gasteiger partial charge in [0.15, 0.2) is 0 Å². The molecule has 1 heterocycles. The van der Waals surface area contributed by atoms with Gasteiger partial charge in [0.25, 0.3) is 0 Å². The van der Waals surface area contributed by atoms with E-state index in [1.54, 1.807) is 0 Å². The molecule has 1 aliphatic heterocycles. The second kappa shape index (κ2) is 8.50. The molecule has 0 spiro atoms. The predicted molar refractivity (Wildman–Crippen MR) is 89.5 cm³/mol. The fourth-order valence-electron chi connectivity index (χ4n) is 4.10. The third-order valence-corrected chi connectivity index (χ3v) is 5.86. The standard InChI is InChI=1S/C18H36N2O/c1-4-14(3)20-12-16(18(21)5-2)10-17(13-20)19-11-15-8-6-7-9-15/h14-19,21H,4-13H2,1-3H3. The molecule has 1 saturated carbocycles. The van der Waals surface area contributed by atoms with Gasteiger partial charge in [-0.2, -0.15) is 0 Å². The Morgan fingerprint density at radius 3 is 2.48 bits per heavy atom. The van der Waals surface area contributed by atoms with Crippen molar-refractivity contribution in [1.29, 1.82) is 0 Å². The maximum atomic E-state index is 10.3. The lowest BCUT2D eigenvalue weighted by atomic mass is 9.87. The normalized spacial score (nSPS) is 31.4. The fourth-order valence-corrected chi connectivity index (χ4v) is 4.10. The molecule has 2 aliphatic rings. The number of hydrogen-bond acceptors (Lipinski definition) is 3. The number of hydrogen-bond donors (Lipinski definition) is 2. The Morgan fingerprint density at radius 2 is 1.86 bits per heavy atom. The van der Waals surface area contributed by atoms with E-state index in [0.717, 1.165) is 31.8 Å². The van der Waals surface area contributed by atoms with Crippen molar-refractivity contribution in [2.75, 3.05) is 19.6 Å². The van der Waals surface area contributed by atoms with Gasteiger partial charge in [-0.05, 0) is 57.4 Å². The van der Waals surface area contributed by atoms with E-state index in [2.05, 4.69) is 31.0 Å². The predicted octanol–water partition coefficient (Wildman–Crippen LogP) is 3.03. The first-order valence-corrected chi connectivity index (χ1v) is 9.29. The van der Waals surface area contributed by atoms with Crippen LogP contribution in [0.3, 0.4) is 0 Å². The van der Waals surface area contributed by atoms with Crippen LogP contribution in [-0.2, 0) is 0 Å². The number of nitrogens with one attached hydrogen (secondary N) is 1. The monoisotopic (exact) mass is 296 g/mol. The third kappa shape index (κ3) is 4.94. The number of aliphatic hydroxyl groups is 1. The number of aliphatic hydroxyl groups excluding tert-OH is 1. The number of piperidine rings is 1. The van der Waals surface area contributed by atoms with Gasteiger partial charge in [0, 0.05) is 25.2 Å². The average molecular weight is 296 g/mol. The molecular weight excluding hydrogens is 260 g/mol. The van der Waals surface area contributed by atoms with Crippen LogP contribution in [-0.4, -0.2) is 47.8 Å². The Hall–Kier alpha value is -0.120. The minimum Gasteiger partial charge on any atom is -0.393 e. The van der Waals surface area contributed by atoms with Crippen molar-refractivity contribution in [3.8, 4) is 0 Å². The number of nitrogens with zero attached hydrogens (tertiary/aromatic N) is 1. The van der Waals surface area contributed by atoms with Gasteiger partial charge in [0.2, 0.25) is 0 Å². The lowest BCUT2D eigenvalue weighted by Gasteiger charge is -2.42. The molecule has 3 nitrogen and oxygen atoms in total. The molecule has 3 heteroatoms. The smallest absolute Gasteiger partial charge is 0.0578 e. The topological polar surface area (TPSA) is 35.5 Å². The van der Waals surface area contributed by atoms with Crippen LogP contribution in [0, 0.1) is 11.8 Å². The molecule has 2 fully saturated rings. The molecular formula is C18H36N2O. The zero-order valence-electron chi connectivity index (χ0n) is 14.4. The van der Waals surface area contributed by atoms with Gasteiger partial charge in [-0.25, -0.2) is 0 Å². The maximum Gasteiger partial charge on any atom is 0.0578 e. The van der Waals surface area contributed by atoms with Gasteiger partial charge in [0.1, 0.15) is 0 Å². The molecule has 0 aromatic rings. The van der Waals surface area contributed by atoms with Crippen LogP contribution in [0.2, 0.25) is 0 Å². The Labute approximate surface area is 131 Å². The van der Waals surface area contributed by atoms with Crippen molar-refractivity contribution in [3.05, 3.63) is 0 Å².